The normalized spacial score (nSPS) is 11.9. The number of halogens is 17. The van der Waals surface area contributed by atoms with E-state index in [0.29, 0.717) is 45.1 Å². The first-order valence-corrected chi connectivity index (χ1v) is 29.6. The second-order valence-electron chi connectivity index (χ2n) is 17.0. The molecule has 29 heteroatoms. The Balaban J connectivity index is 0. The number of nitriles is 1. The van der Waals surface area contributed by atoms with Gasteiger partial charge in [0.15, 0.2) is 4.30 Å². The molecule has 0 heterocycles. The Labute approximate surface area is 475 Å². The van der Waals surface area contributed by atoms with Gasteiger partial charge in [0.25, 0.3) is 0 Å². The van der Waals surface area contributed by atoms with Crippen molar-refractivity contribution < 1.29 is 69.5 Å². The fourth-order valence-corrected chi connectivity index (χ4v) is 8.87. The number of nitrogens with two attached hydrogens (primary N) is 1. The monoisotopic (exact) mass is 1310 g/mol. The summed E-state index contributed by atoms with van der Waals surface area (Å²) in [7, 11) is 5.33. The SMILES string of the molecule is CN(C)CCCN.Cc1cc(CBr)cc(C(F)(F)F)c1.Cc1cc(CS(=O)(=O)Cl)cc(C(F)(F)F)c1.Cc1cc(CS(=O)(=O)NCCCN(C)C)cc(C(F)(F)F)c1.Cc1cc(CSC#N)cc(C(F)(F)F)c1.ClC(Cl)Cl. The molecule has 4 rings (SSSR count). The number of thiocyanates is 1. The van der Waals surface area contributed by atoms with Crippen molar-refractivity contribution >= 4 is 92.3 Å². The highest BCUT2D eigenvalue weighted by Gasteiger charge is 2.33. The predicted molar refractivity (Wildman–Crippen MR) is 290 cm³/mol. The Morgan fingerprint density at radius 2 is 0.896 bits per heavy atom. The molecule has 0 atom stereocenters. The lowest BCUT2D eigenvalue weighted by Crippen LogP contribution is -2.28. The van der Waals surface area contributed by atoms with Gasteiger partial charge in [-0.05, 0) is 171 Å². The molecular formula is C48H60BrCl4F12N5O4S3. The van der Waals surface area contributed by atoms with Gasteiger partial charge in [-0.2, -0.15) is 57.9 Å². The summed E-state index contributed by atoms with van der Waals surface area (Å²) in [6, 6.07) is 14.3. The van der Waals surface area contributed by atoms with E-state index >= 15 is 0 Å². The summed E-state index contributed by atoms with van der Waals surface area (Å²) >= 11 is 18.5. The van der Waals surface area contributed by atoms with Gasteiger partial charge in [-0.3, -0.25) is 0 Å². The summed E-state index contributed by atoms with van der Waals surface area (Å²) in [6.45, 7) is 9.13. The summed E-state index contributed by atoms with van der Waals surface area (Å²) in [5.74, 6) is -0.791. The number of hydrogen-bond acceptors (Lipinski definition) is 9. The molecule has 0 radical (unpaired) electrons. The molecule has 0 saturated carbocycles. The lowest BCUT2D eigenvalue weighted by molar-refractivity contribution is -0.138. The van der Waals surface area contributed by atoms with Crippen LogP contribution in [0.25, 0.3) is 0 Å². The van der Waals surface area contributed by atoms with E-state index in [4.69, 9.17) is 56.5 Å². The van der Waals surface area contributed by atoms with E-state index in [9.17, 15) is 69.5 Å². The number of thioether (sulfide) groups is 1. The van der Waals surface area contributed by atoms with E-state index in [1.807, 2.05) is 24.4 Å². The van der Waals surface area contributed by atoms with Gasteiger partial charge < -0.3 is 15.5 Å². The van der Waals surface area contributed by atoms with Crippen molar-refractivity contribution in [2.75, 3.05) is 54.4 Å². The summed E-state index contributed by atoms with van der Waals surface area (Å²) in [6.07, 6.45) is -15.8. The highest BCUT2D eigenvalue weighted by Crippen LogP contribution is 2.34. The van der Waals surface area contributed by atoms with Crippen molar-refractivity contribution in [1.82, 2.24) is 14.5 Å². The molecule has 0 aliphatic heterocycles. The minimum absolute atomic E-state index is 0.0299. The van der Waals surface area contributed by atoms with Crippen molar-refractivity contribution in [2.45, 2.75) is 92.1 Å². The Bertz CT molecular complexity index is 2660. The minimum Gasteiger partial charge on any atom is -0.330 e. The topological polar surface area (TPSA) is 137 Å². The average Bonchev–Trinajstić information content (AvgIpc) is 3.24. The van der Waals surface area contributed by atoms with Crippen LogP contribution >= 0.6 is 73.2 Å². The standard InChI is InChI=1S/C14H21F3N2O2S.C10H8F3NS.C9H8BrF3.C9H8ClF3O2S.C5H14N2.CHCl3/c1-11-7-12(9-13(8-11)14(15,16)17)10-22(20,21)18-5-4-6-19(2)3;1-7-2-8(5-15-6-14)4-9(3-7)10(11,12)13;1-6-2-7(5-10)4-8(3-6)9(11,12)13;1-6-2-7(5-16(10,14)15)4-8(3-6)9(11,12)13;1-7(2)5-3-4-6;2-1(3)4/h7-9,18H,4-6,10H2,1-3H3;2-4H,5H2,1H3;2-4H,5H2,1H3;2-4H,5H2,1H3;3-6H2,1-2H3;1H. The number of aryl methyl sites for hydroxylation is 4. The van der Waals surface area contributed by atoms with Crippen molar-refractivity contribution in [1.29, 1.82) is 5.26 Å². The number of nitrogens with one attached hydrogen (secondary N) is 1. The van der Waals surface area contributed by atoms with E-state index in [-0.39, 0.29) is 23.4 Å². The second kappa shape index (κ2) is 35.9. The Morgan fingerprint density at radius 3 is 1.19 bits per heavy atom. The molecule has 0 fully saturated rings. The molecule has 0 amide bonds. The summed E-state index contributed by atoms with van der Waals surface area (Å²) < 4.78 is 196. The summed E-state index contributed by atoms with van der Waals surface area (Å²) in [5.41, 5.74) is 5.54. The van der Waals surface area contributed by atoms with Crippen LogP contribution in [0.2, 0.25) is 0 Å². The third-order valence-corrected chi connectivity index (χ3v) is 12.5. The lowest BCUT2D eigenvalue weighted by Gasteiger charge is -2.12. The summed E-state index contributed by atoms with van der Waals surface area (Å²) in [4.78, 5) is 4.05. The van der Waals surface area contributed by atoms with E-state index in [2.05, 4.69) is 39.6 Å². The predicted octanol–water partition coefficient (Wildman–Crippen LogP) is 15.0. The van der Waals surface area contributed by atoms with Gasteiger partial charge in [-0.25, -0.2) is 21.6 Å². The highest BCUT2D eigenvalue weighted by molar-refractivity contribution is 9.08. The van der Waals surface area contributed by atoms with Crippen LogP contribution in [0.5, 0.6) is 0 Å². The molecule has 0 saturated heterocycles. The van der Waals surface area contributed by atoms with Crippen molar-refractivity contribution in [3.63, 3.8) is 0 Å². The van der Waals surface area contributed by atoms with Crippen molar-refractivity contribution in [2.24, 2.45) is 5.73 Å². The molecule has 4 aromatic carbocycles. The molecule has 0 bridgehead atoms. The van der Waals surface area contributed by atoms with Crippen LogP contribution in [0, 0.1) is 38.4 Å². The Hall–Kier alpha value is -2.74. The van der Waals surface area contributed by atoms with Gasteiger partial charge in [-0.15, -0.1) is 0 Å². The van der Waals surface area contributed by atoms with Crippen LogP contribution in [0.3, 0.4) is 0 Å². The van der Waals surface area contributed by atoms with Crippen LogP contribution in [0.4, 0.5) is 52.7 Å². The van der Waals surface area contributed by atoms with Crippen LogP contribution in [0.15, 0.2) is 72.8 Å². The van der Waals surface area contributed by atoms with Crippen molar-refractivity contribution in [3.05, 3.63) is 140 Å². The van der Waals surface area contributed by atoms with Gasteiger partial charge in [-0.1, -0.05) is 97.3 Å². The lowest BCUT2D eigenvalue weighted by atomic mass is 10.1. The number of rotatable bonds is 15. The zero-order valence-electron chi connectivity index (χ0n) is 42.8. The molecule has 438 valence electrons. The van der Waals surface area contributed by atoms with Gasteiger partial charge in [0, 0.05) is 28.3 Å². The smallest absolute Gasteiger partial charge is 0.330 e. The number of hydrogen-bond donors (Lipinski definition) is 2. The molecule has 0 aromatic heterocycles. The molecule has 9 nitrogen and oxygen atoms in total. The van der Waals surface area contributed by atoms with Gasteiger partial charge in [0.2, 0.25) is 19.1 Å². The van der Waals surface area contributed by atoms with Crippen LogP contribution < -0.4 is 10.5 Å². The van der Waals surface area contributed by atoms with E-state index in [1.54, 1.807) is 26.0 Å². The molecule has 0 aliphatic rings. The number of alkyl halides is 16. The Kier molecular flexibility index (Phi) is 35.6. The van der Waals surface area contributed by atoms with E-state index in [0.717, 1.165) is 86.3 Å². The van der Waals surface area contributed by atoms with Crippen LogP contribution in [-0.4, -0.2) is 85.3 Å². The van der Waals surface area contributed by atoms with Gasteiger partial charge in [0.1, 0.15) is 5.40 Å². The third-order valence-electron chi connectivity index (χ3n) is 8.92. The Morgan fingerprint density at radius 1 is 0.584 bits per heavy atom. The zero-order chi connectivity index (χ0) is 60.3. The minimum atomic E-state index is -4.49. The summed E-state index contributed by atoms with van der Waals surface area (Å²) in [5, 5.41) is 10.6. The molecule has 77 heavy (non-hydrogen) atoms. The maximum atomic E-state index is 12.7. The van der Waals surface area contributed by atoms with E-state index < -0.39 is 81.8 Å². The second-order valence-corrected chi connectivity index (χ2v) is 24.9. The van der Waals surface area contributed by atoms with E-state index in [1.165, 1.54) is 26.0 Å². The van der Waals surface area contributed by atoms with Crippen molar-refractivity contribution in [3.8, 4) is 5.40 Å². The molecule has 0 spiro atoms. The molecule has 4 aromatic rings. The molecule has 0 aliphatic carbocycles. The maximum Gasteiger partial charge on any atom is 0.416 e. The van der Waals surface area contributed by atoms with Gasteiger partial charge in [0.05, 0.1) is 33.8 Å². The third kappa shape index (κ3) is 39.3. The highest BCUT2D eigenvalue weighted by atomic mass is 79.9. The molecule has 3 N–H and O–H groups in total. The fraction of sp³-hybridized carbons (Fsp3) is 0.479. The number of nitrogens with zero attached hydrogens (tertiary/aromatic N) is 3. The largest absolute Gasteiger partial charge is 0.416 e. The quantitative estimate of drug-likeness (QED) is 0.0392. The molecular weight excluding hydrogens is 1260 g/mol. The first-order valence-electron chi connectivity index (χ1n) is 22.0. The van der Waals surface area contributed by atoms with Crippen LogP contribution in [0.1, 0.15) is 79.6 Å². The fourth-order valence-electron chi connectivity index (χ4n) is 6.05. The first-order chi connectivity index (χ1) is 34.9. The zero-order valence-corrected chi connectivity index (χ0v) is 49.8. The molecule has 0 unspecified atom stereocenters. The first kappa shape index (κ1) is 76.3. The number of benzene rings is 4. The van der Waals surface area contributed by atoms with Crippen LogP contribution in [-0.2, 0) is 66.4 Å². The average molecular weight is 1320 g/mol. The number of sulfonamides is 1. The maximum absolute atomic E-state index is 12.7. The van der Waals surface area contributed by atoms with Gasteiger partial charge >= 0.3 is 24.7 Å².